The topological polar surface area (TPSA) is 69.7 Å². The van der Waals surface area contributed by atoms with Gasteiger partial charge < -0.3 is 19.5 Å². The maximum absolute atomic E-state index is 12.1. The Morgan fingerprint density at radius 3 is 2.94 bits per heavy atom. The highest BCUT2D eigenvalue weighted by atomic mass is 16.5. The van der Waals surface area contributed by atoms with Crippen LogP contribution in [0.15, 0.2) is 18.2 Å². The van der Waals surface area contributed by atoms with Crippen LogP contribution in [0.3, 0.4) is 0 Å². The summed E-state index contributed by atoms with van der Waals surface area (Å²) in [6.45, 7) is 1.60. The first-order valence-corrected chi connectivity index (χ1v) is 5.76. The van der Waals surface area contributed by atoms with E-state index in [1.54, 1.807) is 24.1 Å². The molecule has 0 bridgehead atoms. The van der Waals surface area contributed by atoms with Crippen LogP contribution in [0.4, 0.5) is 0 Å². The Morgan fingerprint density at radius 2 is 2.28 bits per heavy atom. The average Bonchev–Trinajstić information content (AvgIpc) is 2.67. The molecule has 1 aliphatic rings. The van der Waals surface area contributed by atoms with Gasteiger partial charge >= 0.3 is 0 Å². The fraction of sp³-hybridized carbons (Fsp3) is 0.385. The molecule has 0 spiro atoms. The Labute approximate surface area is 105 Å². The van der Waals surface area contributed by atoms with E-state index in [2.05, 4.69) is 0 Å². The molecule has 0 aliphatic carbocycles. The predicted molar refractivity (Wildman–Crippen MR) is 62.0 cm³/mol. The summed E-state index contributed by atoms with van der Waals surface area (Å²) in [7, 11) is 1.61. The van der Waals surface area contributed by atoms with Crippen molar-refractivity contribution in [2.45, 2.75) is 13.0 Å². The summed E-state index contributed by atoms with van der Waals surface area (Å²) < 4.78 is 4.93. The van der Waals surface area contributed by atoms with Crippen LogP contribution < -0.4 is 5.11 Å². The Kier molecular flexibility index (Phi) is 3.62. The van der Waals surface area contributed by atoms with Gasteiger partial charge in [-0.05, 0) is 12.0 Å². The summed E-state index contributed by atoms with van der Waals surface area (Å²) in [5.41, 5.74) is 1.00. The van der Waals surface area contributed by atoms with Crippen LogP contribution in [0.5, 0.6) is 0 Å². The number of rotatable bonds is 5. The Bertz CT molecular complexity index is 484. The zero-order valence-electron chi connectivity index (χ0n) is 10.1. The summed E-state index contributed by atoms with van der Waals surface area (Å²) in [5.74, 6) is -1.54. The summed E-state index contributed by atoms with van der Waals surface area (Å²) in [6, 6.07) is 4.82. The van der Waals surface area contributed by atoms with Crippen LogP contribution in [-0.2, 0) is 11.3 Å². The van der Waals surface area contributed by atoms with Gasteiger partial charge in [0, 0.05) is 32.4 Å². The molecule has 1 aromatic rings. The van der Waals surface area contributed by atoms with Gasteiger partial charge in [0.05, 0.1) is 11.5 Å². The monoisotopic (exact) mass is 248 g/mol. The first kappa shape index (κ1) is 12.6. The number of hydrogen-bond donors (Lipinski definition) is 0. The molecule has 1 heterocycles. The normalized spacial score (nSPS) is 13.8. The minimum atomic E-state index is -1.31. The maximum Gasteiger partial charge on any atom is 0.255 e. The Balaban J connectivity index is 2.20. The van der Waals surface area contributed by atoms with Crippen LogP contribution >= 0.6 is 0 Å². The van der Waals surface area contributed by atoms with E-state index in [0.717, 1.165) is 12.0 Å². The molecule has 0 saturated carbocycles. The van der Waals surface area contributed by atoms with Crippen molar-refractivity contribution in [3.63, 3.8) is 0 Å². The lowest BCUT2D eigenvalue weighted by atomic mass is 10.0. The third-order valence-electron chi connectivity index (χ3n) is 3.01. The van der Waals surface area contributed by atoms with Crippen molar-refractivity contribution in [2.75, 3.05) is 20.3 Å². The molecule has 0 saturated heterocycles. The number of benzene rings is 1. The molecule has 0 fully saturated rings. The number of carboxylic acids is 1. The number of nitrogens with zero attached hydrogens (tertiary/aromatic N) is 1. The number of carbonyl (C=O) groups is 2. The standard InChI is InChI=1S/C13H15NO4/c1-18-7-3-6-14-8-9-4-2-5-10(13(16)17)11(9)12(14)15/h2,4-5H,3,6-8H2,1H3,(H,16,17)/p-1. The minimum absolute atomic E-state index is 0.0215. The lowest BCUT2D eigenvalue weighted by Gasteiger charge is -2.15. The first-order chi connectivity index (χ1) is 8.65. The van der Waals surface area contributed by atoms with Crippen molar-refractivity contribution in [1.82, 2.24) is 4.90 Å². The molecule has 96 valence electrons. The van der Waals surface area contributed by atoms with Gasteiger partial charge in [-0.15, -0.1) is 0 Å². The molecule has 5 heteroatoms. The van der Waals surface area contributed by atoms with Crippen LogP contribution in [0, 0.1) is 0 Å². The second kappa shape index (κ2) is 5.18. The molecule has 1 amide bonds. The molecule has 0 atom stereocenters. The fourth-order valence-corrected chi connectivity index (χ4v) is 2.17. The van der Waals surface area contributed by atoms with Gasteiger partial charge in [-0.25, -0.2) is 0 Å². The molecule has 0 aromatic heterocycles. The highest BCUT2D eigenvalue weighted by Crippen LogP contribution is 2.25. The minimum Gasteiger partial charge on any atom is -0.545 e. The summed E-state index contributed by atoms with van der Waals surface area (Å²) in [6.07, 6.45) is 0.733. The number of hydrogen-bond acceptors (Lipinski definition) is 4. The van der Waals surface area contributed by atoms with Crippen molar-refractivity contribution < 1.29 is 19.4 Å². The second-order valence-corrected chi connectivity index (χ2v) is 4.20. The van der Waals surface area contributed by atoms with E-state index in [0.29, 0.717) is 19.7 Å². The van der Waals surface area contributed by atoms with Gasteiger partial charge in [0.25, 0.3) is 5.91 Å². The third-order valence-corrected chi connectivity index (χ3v) is 3.01. The van der Waals surface area contributed by atoms with Crippen molar-refractivity contribution in [2.24, 2.45) is 0 Å². The third kappa shape index (κ3) is 2.22. The molecule has 1 aromatic carbocycles. The van der Waals surface area contributed by atoms with E-state index in [1.165, 1.54) is 6.07 Å². The number of carboxylic acid groups (broad SMARTS) is 1. The van der Waals surface area contributed by atoms with E-state index < -0.39 is 5.97 Å². The van der Waals surface area contributed by atoms with Crippen molar-refractivity contribution in [1.29, 1.82) is 0 Å². The fourth-order valence-electron chi connectivity index (χ4n) is 2.17. The maximum atomic E-state index is 12.1. The van der Waals surface area contributed by atoms with E-state index in [1.807, 2.05) is 0 Å². The van der Waals surface area contributed by atoms with Crippen LogP contribution in [0.1, 0.15) is 32.7 Å². The zero-order valence-corrected chi connectivity index (χ0v) is 10.1. The quantitative estimate of drug-likeness (QED) is 0.690. The largest absolute Gasteiger partial charge is 0.545 e. The molecule has 2 rings (SSSR count). The molecular formula is C13H14NO4-. The smallest absolute Gasteiger partial charge is 0.255 e. The van der Waals surface area contributed by atoms with E-state index in [-0.39, 0.29) is 17.0 Å². The van der Waals surface area contributed by atoms with E-state index in [4.69, 9.17) is 4.74 Å². The summed E-state index contributed by atoms with van der Waals surface area (Å²) in [4.78, 5) is 24.7. The lowest BCUT2D eigenvalue weighted by Crippen LogP contribution is -2.28. The average molecular weight is 248 g/mol. The van der Waals surface area contributed by atoms with Crippen LogP contribution in [-0.4, -0.2) is 37.0 Å². The Hall–Kier alpha value is -1.88. The number of ether oxygens (including phenoxy) is 1. The number of carbonyl (C=O) groups excluding carboxylic acids is 2. The highest BCUT2D eigenvalue weighted by Gasteiger charge is 2.29. The van der Waals surface area contributed by atoms with E-state index >= 15 is 0 Å². The molecule has 18 heavy (non-hydrogen) atoms. The summed E-state index contributed by atoms with van der Waals surface area (Å²) >= 11 is 0. The van der Waals surface area contributed by atoms with Crippen LogP contribution in [0.2, 0.25) is 0 Å². The second-order valence-electron chi connectivity index (χ2n) is 4.20. The van der Waals surface area contributed by atoms with Gasteiger partial charge in [-0.2, -0.15) is 0 Å². The van der Waals surface area contributed by atoms with Gasteiger partial charge in [0.1, 0.15) is 0 Å². The van der Waals surface area contributed by atoms with Gasteiger partial charge in [-0.1, -0.05) is 18.2 Å². The lowest BCUT2D eigenvalue weighted by molar-refractivity contribution is -0.255. The summed E-state index contributed by atoms with van der Waals surface area (Å²) in [5, 5.41) is 11.0. The zero-order chi connectivity index (χ0) is 13.1. The molecular weight excluding hydrogens is 234 g/mol. The molecule has 0 unspecified atom stereocenters. The van der Waals surface area contributed by atoms with Gasteiger partial charge in [0.15, 0.2) is 0 Å². The first-order valence-electron chi connectivity index (χ1n) is 5.76. The number of fused-ring (bicyclic) bond motifs is 1. The van der Waals surface area contributed by atoms with Gasteiger partial charge in [-0.3, -0.25) is 4.79 Å². The van der Waals surface area contributed by atoms with Crippen molar-refractivity contribution >= 4 is 11.9 Å². The van der Waals surface area contributed by atoms with E-state index in [9.17, 15) is 14.7 Å². The SMILES string of the molecule is COCCCN1Cc2cccc(C(=O)[O-])c2C1=O. The number of aromatic carboxylic acids is 1. The van der Waals surface area contributed by atoms with Crippen molar-refractivity contribution in [3.05, 3.63) is 34.9 Å². The molecule has 5 nitrogen and oxygen atoms in total. The molecule has 1 aliphatic heterocycles. The van der Waals surface area contributed by atoms with Crippen molar-refractivity contribution in [3.8, 4) is 0 Å². The highest BCUT2D eigenvalue weighted by molar-refractivity contribution is 6.07. The molecule has 0 radical (unpaired) electrons. The number of methoxy groups -OCH3 is 1. The predicted octanol–water partition coefficient (Wildman–Crippen LogP) is 0.0424. The molecule has 0 N–H and O–H groups in total. The van der Waals surface area contributed by atoms with Gasteiger partial charge in [0.2, 0.25) is 0 Å². The van der Waals surface area contributed by atoms with Crippen LogP contribution in [0.25, 0.3) is 0 Å². The Morgan fingerprint density at radius 1 is 1.50 bits per heavy atom. The number of amides is 1.